The lowest BCUT2D eigenvalue weighted by Gasteiger charge is -2.21. The smallest absolute Gasteiger partial charge is 0.0807 e. The molecule has 2 aromatic carbocycles. The third-order valence-electron chi connectivity index (χ3n) is 4.57. The van der Waals surface area contributed by atoms with Crippen molar-refractivity contribution >= 4 is 5.69 Å². The lowest BCUT2D eigenvalue weighted by atomic mass is 10.0. The van der Waals surface area contributed by atoms with Gasteiger partial charge < -0.3 is 10.0 Å². The van der Waals surface area contributed by atoms with Gasteiger partial charge in [-0.25, -0.2) is 0 Å². The zero-order chi connectivity index (χ0) is 14.8. The summed E-state index contributed by atoms with van der Waals surface area (Å²) in [5, 5.41) is 10.4. The summed E-state index contributed by atoms with van der Waals surface area (Å²) in [6, 6.07) is 14.8. The molecule has 110 valence electrons. The van der Waals surface area contributed by atoms with E-state index in [1.165, 1.54) is 22.4 Å². The van der Waals surface area contributed by atoms with E-state index in [9.17, 15) is 5.11 Å². The van der Waals surface area contributed by atoms with Crippen molar-refractivity contribution in [3.05, 3.63) is 64.7 Å². The zero-order valence-corrected chi connectivity index (χ0v) is 12.8. The minimum Gasteiger partial charge on any atom is -0.388 e. The number of para-hydroxylation sites is 1. The van der Waals surface area contributed by atoms with Gasteiger partial charge in [-0.2, -0.15) is 0 Å². The Kier molecular flexibility index (Phi) is 3.98. The fourth-order valence-electron chi connectivity index (χ4n) is 3.06. The molecule has 0 bridgehead atoms. The van der Waals surface area contributed by atoms with Crippen LogP contribution in [0.1, 0.15) is 34.8 Å². The molecule has 0 saturated carbocycles. The van der Waals surface area contributed by atoms with Crippen molar-refractivity contribution in [1.29, 1.82) is 0 Å². The molecule has 1 aliphatic rings. The van der Waals surface area contributed by atoms with Gasteiger partial charge in [0.25, 0.3) is 0 Å². The average molecular weight is 281 g/mol. The van der Waals surface area contributed by atoms with Crippen molar-refractivity contribution in [3.8, 4) is 0 Å². The number of aliphatic hydroxyl groups excluding tert-OH is 1. The van der Waals surface area contributed by atoms with Crippen LogP contribution in [0.25, 0.3) is 0 Å². The normalized spacial score (nSPS) is 15.1. The average Bonchev–Trinajstić information content (AvgIpc) is 2.91. The summed E-state index contributed by atoms with van der Waals surface area (Å²) in [4.78, 5) is 2.39. The van der Waals surface area contributed by atoms with Gasteiger partial charge in [0.1, 0.15) is 0 Å². The highest BCUT2D eigenvalue weighted by Crippen LogP contribution is 2.29. The van der Waals surface area contributed by atoms with Crippen molar-refractivity contribution in [2.24, 2.45) is 0 Å². The number of aryl methyl sites for hydroxylation is 2. The number of rotatable bonds is 4. The first-order valence-corrected chi connectivity index (χ1v) is 7.73. The van der Waals surface area contributed by atoms with Crippen LogP contribution in [0, 0.1) is 13.8 Å². The Morgan fingerprint density at radius 3 is 2.71 bits per heavy atom. The van der Waals surface area contributed by atoms with E-state index < -0.39 is 0 Å². The number of anilines is 1. The Labute approximate surface area is 127 Å². The Morgan fingerprint density at radius 2 is 1.90 bits per heavy atom. The second kappa shape index (κ2) is 5.90. The van der Waals surface area contributed by atoms with Crippen molar-refractivity contribution < 1.29 is 5.11 Å². The predicted octanol–water partition coefficient (Wildman–Crippen LogP) is 3.79. The van der Waals surface area contributed by atoms with Crippen molar-refractivity contribution in [2.45, 2.75) is 32.8 Å². The number of aliphatic hydroxyl groups is 1. The fraction of sp³-hybridized carbons (Fsp3) is 0.368. The van der Waals surface area contributed by atoms with Gasteiger partial charge in [0.15, 0.2) is 0 Å². The van der Waals surface area contributed by atoms with Crippen molar-refractivity contribution in [3.63, 3.8) is 0 Å². The summed E-state index contributed by atoms with van der Waals surface area (Å²) in [7, 11) is 0. The summed E-state index contributed by atoms with van der Waals surface area (Å²) in [5.41, 5.74) is 6.33. The lowest BCUT2D eigenvalue weighted by Crippen LogP contribution is -2.23. The maximum atomic E-state index is 10.4. The SMILES string of the molecule is Cc1ccc(C(O)CCN2CCc3ccccc32)cc1C. The molecule has 0 aromatic heterocycles. The van der Waals surface area contributed by atoms with E-state index in [-0.39, 0.29) is 6.10 Å². The molecule has 0 radical (unpaired) electrons. The van der Waals surface area contributed by atoms with Crippen LogP contribution in [0.3, 0.4) is 0 Å². The van der Waals surface area contributed by atoms with Crippen LogP contribution >= 0.6 is 0 Å². The fourth-order valence-corrected chi connectivity index (χ4v) is 3.06. The third kappa shape index (κ3) is 2.96. The van der Waals surface area contributed by atoms with Crippen LogP contribution in [0.4, 0.5) is 5.69 Å². The van der Waals surface area contributed by atoms with Crippen LogP contribution < -0.4 is 4.90 Å². The molecule has 0 spiro atoms. The van der Waals surface area contributed by atoms with Gasteiger partial charge in [-0.15, -0.1) is 0 Å². The van der Waals surface area contributed by atoms with E-state index in [0.29, 0.717) is 0 Å². The van der Waals surface area contributed by atoms with Gasteiger partial charge in [0.2, 0.25) is 0 Å². The topological polar surface area (TPSA) is 23.5 Å². The van der Waals surface area contributed by atoms with Crippen LogP contribution in [-0.2, 0) is 6.42 Å². The van der Waals surface area contributed by atoms with Gasteiger partial charge in [-0.3, -0.25) is 0 Å². The molecule has 1 atom stereocenters. The molecule has 1 N–H and O–H groups in total. The minimum absolute atomic E-state index is 0.378. The highest BCUT2D eigenvalue weighted by molar-refractivity contribution is 5.57. The molecule has 0 amide bonds. The first-order chi connectivity index (χ1) is 10.1. The van der Waals surface area contributed by atoms with Crippen molar-refractivity contribution in [2.75, 3.05) is 18.0 Å². The highest BCUT2D eigenvalue weighted by atomic mass is 16.3. The largest absolute Gasteiger partial charge is 0.388 e. The summed E-state index contributed by atoms with van der Waals surface area (Å²) in [5.74, 6) is 0. The monoisotopic (exact) mass is 281 g/mol. The maximum Gasteiger partial charge on any atom is 0.0807 e. The highest BCUT2D eigenvalue weighted by Gasteiger charge is 2.19. The zero-order valence-electron chi connectivity index (χ0n) is 12.8. The van der Waals surface area contributed by atoms with Gasteiger partial charge in [0.05, 0.1) is 6.10 Å². The Hall–Kier alpha value is -1.80. The summed E-state index contributed by atoms with van der Waals surface area (Å²) in [6.45, 7) is 6.18. The second-order valence-corrected chi connectivity index (χ2v) is 6.01. The van der Waals surface area contributed by atoms with E-state index in [1.54, 1.807) is 0 Å². The molecule has 0 fully saturated rings. The summed E-state index contributed by atoms with van der Waals surface area (Å²) in [6.07, 6.45) is 1.52. The second-order valence-electron chi connectivity index (χ2n) is 6.01. The number of hydrogen-bond acceptors (Lipinski definition) is 2. The molecule has 21 heavy (non-hydrogen) atoms. The molecule has 0 saturated heterocycles. The lowest BCUT2D eigenvalue weighted by molar-refractivity contribution is 0.169. The maximum absolute atomic E-state index is 10.4. The molecule has 0 aliphatic carbocycles. The van der Waals surface area contributed by atoms with Crippen LogP contribution in [0.2, 0.25) is 0 Å². The Morgan fingerprint density at radius 1 is 1.10 bits per heavy atom. The quantitative estimate of drug-likeness (QED) is 0.921. The van der Waals surface area contributed by atoms with E-state index in [4.69, 9.17) is 0 Å². The van der Waals surface area contributed by atoms with Crippen LogP contribution in [-0.4, -0.2) is 18.2 Å². The molecular weight excluding hydrogens is 258 g/mol. The Balaban J connectivity index is 1.64. The number of hydrogen-bond donors (Lipinski definition) is 1. The third-order valence-corrected chi connectivity index (χ3v) is 4.57. The van der Waals surface area contributed by atoms with Gasteiger partial charge in [-0.1, -0.05) is 36.4 Å². The molecule has 1 aliphatic heterocycles. The first kappa shape index (κ1) is 14.2. The van der Waals surface area contributed by atoms with E-state index in [1.807, 2.05) is 6.07 Å². The molecule has 3 rings (SSSR count). The van der Waals surface area contributed by atoms with Crippen LogP contribution in [0.15, 0.2) is 42.5 Å². The van der Waals surface area contributed by atoms with E-state index in [0.717, 1.165) is 31.5 Å². The number of fused-ring (bicyclic) bond motifs is 1. The molecule has 1 unspecified atom stereocenters. The number of nitrogens with zero attached hydrogens (tertiary/aromatic N) is 1. The van der Waals surface area contributed by atoms with Gasteiger partial charge in [-0.05, 0) is 55.0 Å². The minimum atomic E-state index is -0.378. The van der Waals surface area contributed by atoms with E-state index in [2.05, 4.69) is 55.1 Å². The molecular formula is C19H23NO. The molecule has 2 nitrogen and oxygen atoms in total. The molecule has 2 heteroatoms. The predicted molar refractivity (Wildman–Crippen MR) is 87.9 cm³/mol. The summed E-state index contributed by atoms with van der Waals surface area (Å²) >= 11 is 0. The van der Waals surface area contributed by atoms with Gasteiger partial charge in [0, 0.05) is 18.8 Å². The van der Waals surface area contributed by atoms with Crippen LogP contribution in [0.5, 0.6) is 0 Å². The summed E-state index contributed by atoms with van der Waals surface area (Å²) < 4.78 is 0. The standard InChI is InChI=1S/C19H23NO/c1-14-7-8-17(13-15(14)2)19(21)10-12-20-11-9-16-5-3-4-6-18(16)20/h3-8,13,19,21H,9-12H2,1-2H3. The van der Waals surface area contributed by atoms with Gasteiger partial charge >= 0.3 is 0 Å². The van der Waals surface area contributed by atoms with Crippen molar-refractivity contribution in [1.82, 2.24) is 0 Å². The number of benzene rings is 2. The molecule has 1 heterocycles. The van der Waals surface area contributed by atoms with E-state index >= 15 is 0 Å². The Bertz CT molecular complexity index is 635. The first-order valence-electron chi connectivity index (χ1n) is 7.73. The molecule has 2 aromatic rings.